The van der Waals surface area contributed by atoms with Gasteiger partial charge in [0.05, 0.1) is 16.7 Å². The molecule has 0 saturated heterocycles. The molecule has 0 saturated carbocycles. The van der Waals surface area contributed by atoms with Gasteiger partial charge in [0.2, 0.25) is 0 Å². The first-order chi connectivity index (χ1) is 36.7. The second-order valence-corrected chi connectivity index (χ2v) is 20.6. The summed E-state index contributed by atoms with van der Waals surface area (Å²) >= 11 is 1.87. The van der Waals surface area contributed by atoms with E-state index in [0.29, 0.717) is 0 Å². The van der Waals surface area contributed by atoms with Crippen molar-refractivity contribution in [2.75, 3.05) is 14.7 Å². The van der Waals surface area contributed by atoms with Gasteiger partial charge in [0.25, 0.3) is 6.71 Å². The van der Waals surface area contributed by atoms with Crippen LogP contribution in [0.5, 0.6) is 5.75 Å². The highest BCUT2D eigenvalue weighted by atomic mass is 32.2. The zero-order valence-electron chi connectivity index (χ0n) is 40.0. The predicted octanol–water partition coefficient (Wildman–Crippen LogP) is 14.0. The van der Waals surface area contributed by atoms with Crippen molar-refractivity contribution in [2.24, 2.45) is 0 Å². The molecular weight excluding hydrogens is 918 g/mol. The highest BCUT2D eigenvalue weighted by molar-refractivity contribution is 8.00. The molecule has 0 aliphatic carbocycles. The number of anilines is 9. The molecule has 0 atom stereocenters. The van der Waals surface area contributed by atoms with Crippen LogP contribution in [0.1, 0.15) is 0 Å². The maximum atomic E-state index is 7.34. The molecule has 0 N–H and O–H groups in total. The molecule has 5 heterocycles. The van der Waals surface area contributed by atoms with Crippen LogP contribution in [0.15, 0.2) is 265 Å². The third-order valence-corrected chi connectivity index (χ3v) is 16.7. The fourth-order valence-electron chi connectivity index (χ4n) is 12.5. The Morgan fingerprint density at radius 1 is 0.365 bits per heavy atom. The summed E-state index contributed by atoms with van der Waals surface area (Å²) in [7, 11) is 0. The van der Waals surface area contributed by atoms with Crippen LogP contribution in [0.4, 0.5) is 51.2 Å². The molecule has 4 aliphatic rings. The Balaban J connectivity index is 0.969. The Kier molecular flexibility index (Phi) is 9.09. The molecule has 0 amide bonds. The molecule has 16 rings (SSSR count). The van der Waals surface area contributed by atoms with Gasteiger partial charge in [0, 0.05) is 77.3 Å². The summed E-state index contributed by atoms with van der Waals surface area (Å²) in [6, 6.07) is 93.3. The van der Waals surface area contributed by atoms with Crippen LogP contribution in [-0.4, -0.2) is 18.2 Å². The van der Waals surface area contributed by atoms with Gasteiger partial charge in [0.15, 0.2) is 0 Å². The SMILES string of the molecule is c1ccc(N(c2ccccc2)c2cc3c4c(c2)N(c2ccccc2)c2cc5c(cc2B4c2ccccc2N3c2ccccc2)B2Oc3ccccc3-c3cc(-n4c6ccccc6c6ccccc64)cc(c32)S5)cc1. The van der Waals surface area contributed by atoms with Crippen molar-refractivity contribution in [1.82, 2.24) is 4.57 Å². The molecule has 0 fully saturated rings. The third kappa shape index (κ3) is 6.09. The van der Waals surface area contributed by atoms with Gasteiger partial charge >= 0.3 is 6.92 Å². The zero-order valence-corrected chi connectivity index (χ0v) is 40.8. The van der Waals surface area contributed by atoms with Gasteiger partial charge in [0.1, 0.15) is 5.75 Å². The summed E-state index contributed by atoms with van der Waals surface area (Å²) in [4.78, 5) is 9.83. The number of rotatable bonds is 6. The fourth-order valence-corrected chi connectivity index (χ4v) is 13.7. The number of hydrogen-bond acceptors (Lipinski definition) is 5. The molecular formula is C66H42B2N4OS. The van der Waals surface area contributed by atoms with Gasteiger partial charge in [-0.05, 0) is 136 Å². The van der Waals surface area contributed by atoms with E-state index in [0.717, 1.165) is 62.5 Å². The Labute approximate surface area is 434 Å². The molecule has 4 aliphatic heterocycles. The molecule has 12 aromatic rings. The Morgan fingerprint density at radius 2 is 0.919 bits per heavy atom. The first-order valence-corrected chi connectivity index (χ1v) is 26.2. The first kappa shape index (κ1) is 41.5. The van der Waals surface area contributed by atoms with Gasteiger partial charge in [-0.1, -0.05) is 163 Å². The monoisotopic (exact) mass is 960 g/mol. The average Bonchev–Trinajstić information content (AvgIpc) is 3.80. The van der Waals surface area contributed by atoms with Crippen molar-refractivity contribution in [1.29, 1.82) is 0 Å². The lowest BCUT2D eigenvalue weighted by Gasteiger charge is -2.45. The number of hydrogen-bond donors (Lipinski definition) is 0. The minimum atomic E-state index is -0.318. The number of nitrogens with zero attached hydrogens (tertiary/aromatic N) is 4. The van der Waals surface area contributed by atoms with Gasteiger partial charge in [-0.15, -0.1) is 0 Å². The molecule has 0 spiro atoms. The van der Waals surface area contributed by atoms with Crippen LogP contribution in [-0.2, 0) is 0 Å². The lowest BCUT2D eigenvalue weighted by atomic mass is 9.33. The van der Waals surface area contributed by atoms with Crippen LogP contribution in [0.25, 0.3) is 38.6 Å². The molecule has 0 radical (unpaired) electrons. The molecule has 0 bridgehead atoms. The highest BCUT2D eigenvalue weighted by Gasteiger charge is 2.47. The van der Waals surface area contributed by atoms with Crippen molar-refractivity contribution in [3.05, 3.63) is 255 Å². The standard InChI is InChI=1S/C66H42B2N4OS/c1-5-21-43(22-6-1)69(44-23-7-2-8-24-44)48-38-60-66-61(39-48)71(46-27-11-4-12-28-46)59-42-63-55(41-54(59)67(66)53-32-16-19-35-58(53)70(60)45-25-9-3-10-26-45)68-65-52(51-31-15-20-36-62(51)73-68)37-47(40-64(65)74-63)72-56-33-17-13-29-49(56)50-30-14-18-34-57(50)72/h1-42H. The van der Waals surface area contributed by atoms with E-state index in [1.165, 1.54) is 70.2 Å². The average molecular weight is 961 g/mol. The summed E-state index contributed by atoms with van der Waals surface area (Å²) in [5.74, 6) is 0.903. The van der Waals surface area contributed by atoms with E-state index < -0.39 is 0 Å². The molecule has 1 aromatic heterocycles. The highest BCUT2D eigenvalue weighted by Crippen LogP contribution is 2.50. The summed E-state index contributed by atoms with van der Waals surface area (Å²) in [5.41, 5.74) is 22.2. The normalized spacial score (nSPS) is 13.4. The van der Waals surface area contributed by atoms with Crippen molar-refractivity contribution < 1.29 is 4.65 Å². The maximum absolute atomic E-state index is 7.34. The van der Waals surface area contributed by atoms with E-state index in [1.807, 2.05) is 11.8 Å². The molecule has 5 nitrogen and oxygen atoms in total. The Hall–Kier alpha value is -9.10. The lowest BCUT2D eigenvalue weighted by Crippen LogP contribution is -2.63. The maximum Gasteiger partial charge on any atom is 0.429 e. The Morgan fingerprint density at radius 3 is 1.58 bits per heavy atom. The third-order valence-electron chi connectivity index (χ3n) is 15.6. The zero-order chi connectivity index (χ0) is 48.4. The minimum Gasteiger partial charge on any atom is -0.551 e. The van der Waals surface area contributed by atoms with Crippen LogP contribution >= 0.6 is 11.8 Å². The molecule has 11 aromatic carbocycles. The van der Waals surface area contributed by atoms with Crippen LogP contribution in [0.2, 0.25) is 0 Å². The molecule has 344 valence electrons. The largest absolute Gasteiger partial charge is 0.551 e. The number of benzene rings is 11. The Bertz CT molecular complexity index is 4150. The van der Waals surface area contributed by atoms with E-state index in [4.69, 9.17) is 4.65 Å². The van der Waals surface area contributed by atoms with Crippen molar-refractivity contribution in [2.45, 2.75) is 9.79 Å². The van der Waals surface area contributed by atoms with Gasteiger partial charge in [-0.3, -0.25) is 0 Å². The summed E-state index contributed by atoms with van der Waals surface area (Å²) < 4.78 is 9.79. The predicted molar refractivity (Wildman–Crippen MR) is 311 cm³/mol. The number of para-hydroxylation sites is 8. The second-order valence-electron chi connectivity index (χ2n) is 19.6. The van der Waals surface area contributed by atoms with Crippen LogP contribution in [0.3, 0.4) is 0 Å². The van der Waals surface area contributed by atoms with E-state index in [1.54, 1.807) is 0 Å². The topological polar surface area (TPSA) is 23.9 Å². The van der Waals surface area contributed by atoms with E-state index >= 15 is 0 Å². The van der Waals surface area contributed by atoms with E-state index in [2.05, 4.69) is 274 Å². The number of fused-ring (bicyclic) bond motifs is 11. The van der Waals surface area contributed by atoms with Gasteiger partial charge in [-0.2, -0.15) is 0 Å². The van der Waals surface area contributed by atoms with Crippen molar-refractivity contribution in [3.8, 4) is 22.6 Å². The van der Waals surface area contributed by atoms with Gasteiger partial charge < -0.3 is 23.9 Å². The van der Waals surface area contributed by atoms with Gasteiger partial charge in [-0.25, -0.2) is 0 Å². The summed E-state index contributed by atoms with van der Waals surface area (Å²) in [5, 5.41) is 2.50. The quantitative estimate of drug-likeness (QED) is 0.155. The smallest absolute Gasteiger partial charge is 0.429 e. The van der Waals surface area contributed by atoms with Crippen LogP contribution in [0, 0.1) is 0 Å². The van der Waals surface area contributed by atoms with Crippen molar-refractivity contribution in [3.63, 3.8) is 0 Å². The molecule has 0 unspecified atom stereocenters. The number of aromatic nitrogens is 1. The van der Waals surface area contributed by atoms with Crippen LogP contribution < -0.4 is 46.7 Å². The minimum absolute atomic E-state index is 0.0909. The summed E-state index contributed by atoms with van der Waals surface area (Å²) in [6.45, 7) is -0.408. The first-order valence-electron chi connectivity index (χ1n) is 25.4. The summed E-state index contributed by atoms with van der Waals surface area (Å²) in [6.07, 6.45) is 0. The lowest BCUT2D eigenvalue weighted by molar-refractivity contribution is 0.588. The van der Waals surface area contributed by atoms with E-state index in [9.17, 15) is 0 Å². The molecule has 74 heavy (non-hydrogen) atoms. The molecule has 8 heteroatoms. The fraction of sp³-hybridized carbons (Fsp3) is 0. The van der Waals surface area contributed by atoms with Crippen molar-refractivity contribution >= 4 is 126 Å². The second kappa shape index (κ2) is 16.2. The van der Waals surface area contributed by atoms with E-state index in [-0.39, 0.29) is 13.6 Å².